The Bertz CT molecular complexity index is 333. The molecule has 4 atom stereocenters. The molecule has 19 heavy (non-hydrogen) atoms. The molecule has 0 aromatic carbocycles. The average molecular weight is 265 g/mol. The molecule has 0 aromatic rings. The predicted molar refractivity (Wildman–Crippen MR) is 75.9 cm³/mol. The standard InChI is InChI=1S/C15H27N3O/c1-2-18-7-6-11(10-18)8-17-15(19)14-13-5-3-4-12(13)9-16-14/h11-14,16H,2-10H2,1H3,(H,17,19). The van der Waals surface area contributed by atoms with Gasteiger partial charge in [0, 0.05) is 13.1 Å². The summed E-state index contributed by atoms with van der Waals surface area (Å²) in [6.07, 6.45) is 5.10. The maximum absolute atomic E-state index is 12.3. The molecule has 2 N–H and O–H groups in total. The van der Waals surface area contributed by atoms with Gasteiger partial charge in [-0.1, -0.05) is 13.3 Å². The molecule has 4 nitrogen and oxygen atoms in total. The van der Waals surface area contributed by atoms with Crippen LogP contribution < -0.4 is 10.6 Å². The topological polar surface area (TPSA) is 44.4 Å². The molecule has 2 saturated heterocycles. The summed E-state index contributed by atoms with van der Waals surface area (Å²) in [6, 6.07) is 0.0937. The third kappa shape index (κ3) is 2.79. The van der Waals surface area contributed by atoms with E-state index in [-0.39, 0.29) is 11.9 Å². The van der Waals surface area contributed by atoms with Crippen LogP contribution in [0.25, 0.3) is 0 Å². The highest BCUT2D eigenvalue weighted by molar-refractivity contribution is 5.82. The fourth-order valence-corrected chi connectivity index (χ4v) is 4.20. The summed E-state index contributed by atoms with van der Waals surface area (Å²) in [7, 11) is 0. The first-order valence-corrected chi connectivity index (χ1v) is 8.01. The summed E-state index contributed by atoms with van der Waals surface area (Å²) >= 11 is 0. The number of hydrogen-bond donors (Lipinski definition) is 2. The third-order valence-corrected chi connectivity index (χ3v) is 5.41. The normalized spacial score (nSPS) is 38.6. The van der Waals surface area contributed by atoms with Crippen LogP contribution in [0.5, 0.6) is 0 Å². The number of hydrogen-bond acceptors (Lipinski definition) is 3. The van der Waals surface area contributed by atoms with E-state index in [1.165, 1.54) is 32.2 Å². The largest absolute Gasteiger partial charge is 0.354 e. The lowest BCUT2D eigenvalue weighted by Crippen LogP contribution is -2.45. The van der Waals surface area contributed by atoms with E-state index in [2.05, 4.69) is 22.5 Å². The van der Waals surface area contributed by atoms with Crippen LogP contribution in [0, 0.1) is 17.8 Å². The van der Waals surface area contributed by atoms with Crippen molar-refractivity contribution in [2.45, 2.75) is 38.6 Å². The molecule has 0 bridgehead atoms. The fraction of sp³-hybridized carbons (Fsp3) is 0.933. The van der Waals surface area contributed by atoms with E-state index in [1.807, 2.05) is 0 Å². The highest BCUT2D eigenvalue weighted by Gasteiger charge is 2.42. The summed E-state index contributed by atoms with van der Waals surface area (Å²) in [4.78, 5) is 14.8. The first kappa shape index (κ1) is 13.4. The van der Waals surface area contributed by atoms with Gasteiger partial charge in [-0.2, -0.15) is 0 Å². The number of fused-ring (bicyclic) bond motifs is 1. The summed E-state index contributed by atoms with van der Waals surface area (Å²) in [5.74, 6) is 2.28. The van der Waals surface area contributed by atoms with Crippen molar-refractivity contribution in [1.29, 1.82) is 0 Å². The number of rotatable bonds is 4. The summed E-state index contributed by atoms with van der Waals surface area (Å²) in [5, 5.41) is 6.63. The molecule has 4 unspecified atom stereocenters. The monoisotopic (exact) mass is 265 g/mol. The zero-order valence-corrected chi connectivity index (χ0v) is 12.0. The SMILES string of the molecule is CCN1CCC(CNC(=O)C2NCC3CCCC32)C1. The lowest BCUT2D eigenvalue weighted by atomic mass is 9.93. The molecule has 3 fully saturated rings. The number of carbonyl (C=O) groups excluding carboxylic acids is 1. The Hall–Kier alpha value is -0.610. The van der Waals surface area contributed by atoms with E-state index in [0.717, 1.165) is 32.1 Å². The Labute approximate surface area is 116 Å². The number of nitrogens with one attached hydrogen (secondary N) is 2. The van der Waals surface area contributed by atoms with Crippen molar-refractivity contribution >= 4 is 5.91 Å². The fourth-order valence-electron chi connectivity index (χ4n) is 4.20. The van der Waals surface area contributed by atoms with Crippen molar-refractivity contribution < 1.29 is 4.79 Å². The average Bonchev–Trinajstić information content (AvgIpc) is 3.11. The molecule has 1 aliphatic carbocycles. The van der Waals surface area contributed by atoms with Gasteiger partial charge < -0.3 is 15.5 Å². The molecule has 1 amide bonds. The van der Waals surface area contributed by atoms with E-state index in [9.17, 15) is 4.79 Å². The van der Waals surface area contributed by atoms with Gasteiger partial charge in [0.2, 0.25) is 5.91 Å². The predicted octanol–water partition coefficient (Wildman–Crippen LogP) is 0.833. The summed E-state index contributed by atoms with van der Waals surface area (Å²) in [6.45, 7) is 7.62. The van der Waals surface area contributed by atoms with Crippen LogP contribution in [0.2, 0.25) is 0 Å². The maximum Gasteiger partial charge on any atom is 0.237 e. The van der Waals surface area contributed by atoms with E-state index >= 15 is 0 Å². The van der Waals surface area contributed by atoms with Gasteiger partial charge in [0.05, 0.1) is 6.04 Å². The van der Waals surface area contributed by atoms with E-state index in [0.29, 0.717) is 11.8 Å². The molecule has 1 saturated carbocycles. The Balaban J connectivity index is 1.44. The van der Waals surface area contributed by atoms with Crippen molar-refractivity contribution in [2.75, 3.05) is 32.7 Å². The lowest BCUT2D eigenvalue weighted by molar-refractivity contribution is -0.123. The second-order valence-electron chi connectivity index (χ2n) is 6.53. The molecule has 108 valence electrons. The second kappa shape index (κ2) is 5.80. The minimum absolute atomic E-state index is 0.0937. The van der Waals surface area contributed by atoms with Crippen LogP contribution in [0.4, 0.5) is 0 Å². The maximum atomic E-state index is 12.3. The van der Waals surface area contributed by atoms with Gasteiger partial charge in [-0.15, -0.1) is 0 Å². The number of amides is 1. The number of nitrogens with zero attached hydrogens (tertiary/aromatic N) is 1. The van der Waals surface area contributed by atoms with E-state index in [4.69, 9.17) is 0 Å². The van der Waals surface area contributed by atoms with Crippen LogP contribution in [0.1, 0.15) is 32.6 Å². The van der Waals surface area contributed by atoms with Crippen LogP contribution >= 0.6 is 0 Å². The van der Waals surface area contributed by atoms with Crippen LogP contribution in [-0.4, -0.2) is 49.6 Å². The van der Waals surface area contributed by atoms with Crippen LogP contribution in [0.15, 0.2) is 0 Å². The minimum atomic E-state index is 0.0937. The highest BCUT2D eigenvalue weighted by Crippen LogP contribution is 2.37. The minimum Gasteiger partial charge on any atom is -0.354 e. The first-order valence-electron chi connectivity index (χ1n) is 8.01. The van der Waals surface area contributed by atoms with Crippen molar-refractivity contribution in [3.63, 3.8) is 0 Å². The lowest BCUT2D eigenvalue weighted by Gasteiger charge is -2.19. The smallest absolute Gasteiger partial charge is 0.237 e. The van der Waals surface area contributed by atoms with Crippen LogP contribution in [0.3, 0.4) is 0 Å². The first-order chi connectivity index (χ1) is 9.28. The van der Waals surface area contributed by atoms with Gasteiger partial charge >= 0.3 is 0 Å². The summed E-state index contributed by atoms with van der Waals surface area (Å²) in [5.41, 5.74) is 0. The van der Waals surface area contributed by atoms with E-state index < -0.39 is 0 Å². The van der Waals surface area contributed by atoms with Gasteiger partial charge in [-0.05, 0) is 56.7 Å². The van der Waals surface area contributed by atoms with Gasteiger partial charge in [-0.25, -0.2) is 0 Å². The zero-order valence-electron chi connectivity index (χ0n) is 12.0. The van der Waals surface area contributed by atoms with Crippen molar-refractivity contribution in [1.82, 2.24) is 15.5 Å². The molecule has 3 rings (SSSR count). The van der Waals surface area contributed by atoms with Crippen LogP contribution in [-0.2, 0) is 4.79 Å². The molecule has 2 heterocycles. The molecule has 0 aromatic heterocycles. The third-order valence-electron chi connectivity index (χ3n) is 5.41. The quantitative estimate of drug-likeness (QED) is 0.791. The Morgan fingerprint density at radius 3 is 3.05 bits per heavy atom. The molecule has 0 spiro atoms. The zero-order chi connectivity index (χ0) is 13.2. The highest BCUT2D eigenvalue weighted by atomic mass is 16.2. The number of likely N-dealkylation sites (tertiary alicyclic amines) is 1. The molecule has 2 aliphatic heterocycles. The molecular formula is C15H27N3O. The van der Waals surface area contributed by atoms with Gasteiger partial charge in [0.15, 0.2) is 0 Å². The second-order valence-corrected chi connectivity index (χ2v) is 6.53. The van der Waals surface area contributed by atoms with Crippen molar-refractivity contribution in [2.24, 2.45) is 17.8 Å². The number of carbonyl (C=O) groups is 1. The van der Waals surface area contributed by atoms with E-state index in [1.54, 1.807) is 0 Å². The Kier molecular flexibility index (Phi) is 4.08. The molecular weight excluding hydrogens is 238 g/mol. The van der Waals surface area contributed by atoms with Crippen molar-refractivity contribution in [3.05, 3.63) is 0 Å². The summed E-state index contributed by atoms with van der Waals surface area (Å²) < 4.78 is 0. The molecule has 4 heteroatoms. The van der Waals surface area contributed by atoms with Gasteiger partial charge in [0.25, 0.3) is 0 Å². The van der Waals surface area contributed by atoms with Crippen molar-refractivity contribution in [3.8, 4) is 0 Å². The molecule has 0 radical (unpaired) electrons. The Morgan fingerprint density at radius 2 is 2.26 bits per heavy atom. The molecule has 3 aliphatic rings. The van der Waals surface area contributed by atoms with Gasteiger partial charge in [0.1, 0.15) is 0 Å². The van der Waals surface area contributed by atoms with Gasteiger partial charge in [-0.3, -0.25) is 4.79 Å². The Morgan fingerprint density at radius 1 is 1.37 bits per heavy atom.